The zero-order chi connectivity index (χ0) is 25.6. The third kappa shape index (κ3) is 5.01. The van der Waals surface area contributed by atoms with Gasteiger partial charge in [0.2, 0.25) is 0 Å². The molecule has 0 bridgehead atoms. The second kappa shape index (κ2) is 9.38. The molecule has 190 valence electrons. The Balaban J connectivity index is 1.17. The van der Waals surface area contributed by atoms with E-state index in [1.165, 1.54) is 0 Å². The van der Waals surface area contributed by atoms with Crippen LogP contribution in [0.5, 0.6) is 0 Å². The van der Waals surface area contributed by atoms with Crippen LogP contribution in [0.2, 0.25) is 0 Å². The average molecular weight is 534 g/mol. The molecule has 0 atom stereocenters. The first-order valence-electron chi connectivity index (χ1n) is 12.2. The van der Waals surface area contributed by atoms with Crippen LogP contribution in [0.4, 0.5) is 16.3 Å². The SMILES string of the molecule is CC(C)(C)OC(=O)N1CCC(n2cc(-c3cc4c(Nc5ccc6scnc6c5)ncnc4s3)cn2)CC1. The van der Waals surface area contributed by atoms with Crippen molar-refractivity contribution in [2.45, 2.75) is 45.3 Å². The third-order valence-electron chi connectivity index (χ3n) is 6.30. The van der Waals surface area contributed by atoms with Gasteiger partial charge in [0.15, 0.2) is 0 Å². The Morgan fingerprint density at radius 1 is 1.14 bits per heavy atom. The Hall–Kier alpha value is -3.57. The Kier molecular flexibility index (Phi) is 6.04. The largest absolute Gasteiger partial charge is 0.444 e. The van der Waals surface area contributed by atoms with Gasteiger partial charge in [0.25, 0.3) is 0 Å². The van der Waals surface area contributed by atoms with E-state index < -0.39 is 5.60 Å². The van der Waals surface area contributed by atoms with Crippen LogP contribution >= 0.6 is 22.7 Å². The highest BCUT2D eigenvalue weighted by atomic mass is 32.1. The molecule has 1 aliphatic heterocycles. The Morgan fingerprint density at radius 2 is 1.97 bits per heavy atom. The number of carbonyl (C=O) groups excluding carboxylic acids is 1. The molecule has 1 fully saturated rings. The summed E-state index contributed by atoms with van der Waals surface area (Å²) >= 11 is 3.25. The number of nitrogens with zero attached hydrogens (tertiary/aromatic N) is 6. The first-order chi connectivity index (χ1) is 17.8. The maximum atomic E-state index is 12.4. The molecule has 1 amide bonds. The summed E-state index contributed by atoms with van der Waals surface area (Å²) in [6, 6.07) is 8.51. The van der Waals surface area contributed by atoms with E-state index in [9.17, 15) is 4.79 Å². The summed E-state index contributed by atoms with van der Waals surface area (Å²) in [7, 11) is 0. The van der Waals surface area contributed by atoms with Gasteiger partial charge in [-0.25, -0.2) is 19.7 Å². The highest BCUT2D eigenvalue weighted by Gasteiger charge is 2.28. The normalized spacial score (nSPS) is 14.9. The van der Waals surface area contributed by atoms with Crippen LogP contribution in [0.3, 0.4) is 0 Å². The smallest absolute Gasteiger partial charge is 0.410 e. The molecule has 6 rings (SSSR count). The second-order valence-electron chi connectivity index (χ2n) is 10.1. The molecule has 1 saturated heterocycles. The van der Waals surface area contributed by atoms with Gasteiger partial charge in [-0.05, 0) is 57.9 Å². The van der Waals surface area contributed by atoms with Crippen molar-refractivity contribution in [3.8, 4) is 10.4 Å². The number of likely N-dealkylation sites (tertiary alicyclic amines) is 1. The number of ether oxygens (including phenoxy) is 1. The van der Waals surface area contributed by atoms with Gasteiger partial charge >= 0.3 is 6.09 Å². The molecular weight excluding hydrogens is 506 g/mol. The van der Waals surface area contributed by atoms with Gasteiger partial charge in [0.1, 0.15) is 22.6 Å². The topological polar surface area (TPSA) is 98.1 Å². The molecule has 1 N–H and O–H groups in total. The molecule has 0 spiro atoms. The number of thiazole rings is 1. The molecule has 5 aromatic rings. The number of benzene rings is 1. The van der Waals surface area contributed by atoms with E-state index >= 15 is 0 Å². The minimum Gasteiger partial charge on any atom is -0.444 e. The summed E-state index contributed by atoms with van der Waals surface area (Å²) in [6.45, 7) is 7.00. The molecule has 9 nitrogen and oxygen atoms in total. The van der Waals surface area contributed by atoms with Gasteiger partial charge in [-0.1, -0.05) is 0 Å². The van der Waals surface area contributed by atoms with Crippen LogP contribution in [0.25, 0.3) is 30.9 Å². The van der Waals surface area contributed by atoms with E-state index in [-0.39, 0.29) is 12.1 Å². The van der Waals surface area contributed by atoms with Crippen molar-refractivity contribution < 1.29 is 9.53 Å². The molecule has 0 unspecified atom stereocenters. The number of nitrogens with one attached hydrogen (secondary N) is 1. The number of hydrogen-bond acceptors (Lipinski definition) is 9. The molecule has 0 aliphatic carbocycles. The number of anilines is 2. The van der Waals surface area contributed by atoms with E-state index in [1.54, 1.807) is 33.9 Å². The lowest BCUT2D eigenvalue weighted by Gasteiger charge is -2.33. The summed E-state index contributed by atoms with van der Waals surface area (Å²) in [5, 5.41) is 9.07. The Morgan fingerprint density at radius 3 is 2.78 bits per heavy atom. The minimum absolute atomic E-state index is 0.241. The highest BCUT2D eigenvalue weighted by molar-refractivity contribution is 7.21. The molecule has 37 heavy (non-hydrogen) atoms. The van der Waals surface area contributed by atoms with Crippen LogP contribution in [-0.2, 0) is 4.74 Å². The molecule has 4 aromatic heterocycles. The predicted octanol–water partition coefficient (Wildman–Crippen LogP) is 6.48. The van der Waals surface area contributed by atoms with Crippen molar-refractivity contribution in [2.24, 2.45) is 0 Å². The molecule has 0 saturated carbocycles. The first-order valence-corrected chi connectivity index (χ1v) is 13.9. The molecular formula is C26H27N7O2S2. The van der Waals surface area contributed by atoms with Crippen molar-refractivity contribution in [1.82, 2.24) is 29.6 Å². The summed E-state index contributed by atoms with van der Waals surface area (Å²) in [5.74, 6) is 0.768. The van der Waals surface area contributed by atoms with Gasteiger partial charge < -0.3 is 15.0 Å². The average Bonchev–Trinajstić information content (AvgIpc) is 3.62. The summed E-state index contributed by atoms with van der Waals surface area (Å²) in [5.41, 5.74) is 4.33. The summed E-state index contributed by atoms with van der Waals surface area (Å²) in [6.07, 6.45) is 7.03. The number of thiophene rings is 1. The van der Waals surface area contributed by atoms with Gasteiger partial charge in [-0.2, -0.15) is 5.10 Å². The number of carbonyl (C=O) groups is 1. The number of rotatable bonds is 4. The summed E-state index contributed by atoms with van der Waals surface area (Å²) < 4.78 is 8.70. The van der Waals surface area contributed by atoms with Gasteiger partial charge in [0, 0.05) is 35.4 Å². The molecule has 11 heteroatoms. The molecule has 0 radical (unpaired) electrons. The van der Waals surface area contributed by atoms with E-state index in [1.807, 2.05) is 49.3 Å². The van der Waals surface area contributed by atoms with Gasteiger partial charge in [-0.3, -0.25) is 4.68 Å². The Bertz CT molecular complexity index is 1570. The van der Waals surface area contributed by atoms with Crippen molar-refractivity contribution in [1.29, 1.82) is 0 Å². The van der Waals surface area contributed by atoms with Gasteiger partial charge in [-0.15, -0.1) is 22.7 Å². The number of piperidine rings is 1. The fourth-order valence-electron chi connectivity index (χ4n) is 4.47. The Labute approximate surface area is 222 Å². The van der Waals surface area contributed by atoms with E-state index in [0.29, 0.717) is 13.1 Å². The van der Waals surface area contributed by atoms with Crippen LogP contribution in [0.1, 0.15) is 39.7 Å². The number of hydrogen-bond donors (Lipinski definition) is 1. The monoisotopic (exact) mass is 533 g/mol. The van der Waals surface area contributed by atoms with Crippen LogP contribution in [0, 0.1) is 0 Å². The van der Waals surface area contributed by atoms with Crippen molar-refractivity contribution in [3.63, 3.8) is 0 Å². The van der Waals surface area contributed by atoms with Gasteiger partial charge in [0.05, 0.1) is 33.4 Å². The standard InChI is InChI=1S/C26H27N7O2S2/c1-26(2,3)35-25(34)32-8-6-18(7-9-32)33-13-16(12-30-33)22-11-19-23(27-14-28-24(19)37-22)31-17-4-5-21-20(10-17)29-15-36-21/h4-5,10-15,18H,6-9H2,1-3H3,(H,27,28,31). The fraction of sp³-hybridized carbons (Fsp3) is 0.346. The molecule has 5 heterocycles. The van der Waals surface area contributed by atoms with Crippen LogP contribution < -0.4 is 5.32 Å². The van der Waals surface area contributed by atoms with Crippen molar-refractivity contribution >= 4 is 60.7 Å². The lowest BCUT2D eigenvalue weighted by atomic mass is 10.1. The molecule has 1 aromatic carbocycles. The highest BCUT2D eigenvalue weighted by Crippen LogP contribution is 2.37. The van der Waals surface area contributed by atoms with E-state index in [0.717, 1.165) is 55.2 Å². The first kappa shape index (κ1) is 23.8. The zero-order valence-corrected chi connectivity index (χ0v) is 22.5. The third-order valence-corrected chi connectivity index (χ3v) is 8.20. The van der Waals surface area contributed by atoms with E-state index in [2.05, 4.69) is 43.7 Å². The van der Waals surface area contributed by atoms with Crippen molar-refractivity contribution in [3.05, 3.63) is 48.5 Å². The lowest BCUT2D eigenvalue weighted by molar-refractivity contribution is 0.0185. The van der Waals surface area contributed by atoms with Crippen molar-refractivity contribution in [2.75, 3.05) is 18.4 Å². The second-order valence-corrected chi connectivity index (χ2v) is 12.0. The fourth-order valence-corrected chi connectivity index (χ4v) is 6.11. The predicted molar refractivity (Wildman–Crippen MR) is 148 cm³/mol. The number of fused-ring (bicyclic) bond motifs is 2. The number of aromatic nitrogens is 5. The number of amides is 1. The summed E-state index contributed by atoms with van der Waals surface area (Å²) in [4.78, 5) is 29.6. The molecule has 1 aliphatic rings. The van der Waals surface area contributed by atoms with Crippen LogP contribution in [-0.4, -0.2) is 54.4 Å². The van der Waals surface area contributed by atoms with E-state index in [4.69, 9.17) is 4.74 Å². The lowest BCUT2D eigenvalue weighted by Crippen LogP contribution is -2.42. The zero-order valence-electron chi connectivity index (χ0n) is 20.8. The van der Waals surface area contributed by atoms with Crippen LogP contribution in [0.15, 0.2) is 48.5 Å². The maximum Gasteiger partial charge on any atom is 0.410 e. The maximum absolute atomic E-state index is 12.4. The minimum atomic E-state index is -0.482. The quantitative estimate of drug-likeness (QED) is 0.282.